The Labute approximate surface area is 182 Å². The molecule has 0 saturated heterocycles. The molecule has 3 aromatic heterocycles. The fraction of sp³-hybridized carbons (Fsp3) is 0.0833. The van der Waals surface area contributed by atoms with Gasteiger partial charge in [-0.2, -0.15) is 4.98 Å². The van der Waals surface area contributed by atoms with Gasteiger partial charge in [0.25, 0.3) is 5.89 Å². The highest BCUT2D eigenvalue weighted by molar-refractivity contribution is 6.04. The summed E-state index contributed by atoms with van der Waals surface area (Å²) in [4.78, 5) is 21.8. The zero-order valence-corrected chi connectivity index (χ0v) is 17.0. The van der Waals surface area contributed by atoms with Crippen LogP contribution in [0.4, 0.5) is 0 Å². The third-order valence-corrected chi connectivity index (χ3v) is 4.83. The summed E-state index contributed by atoms with van der Waals surface area (Å²) in [5.41, 5.74) is 2.30. The Morgan fingerprint density at radius 3 is 2.75 bits per heavy atom. The molecule has 0 N–H and O–H groups in total. The van der Waals surface area contributed by atoms with E-state index in [0.29, 0.717) is 39.5 Å². The average molecular weight is 427 g/mol. The van der Waals surface area contributed by atoms with E-state index in [1.807, 2.05) is 42.5 Å². The van der Waals surface area contributed by atoms with Gasteiger partial charge in [0.15, 0.2) is 12.4 Å². The minimum atomic E-state index is -0.530. The van der Waals surface area contributed by atoms with E-state index in [0.717, 1.165) is 5.56 Å². The Bertz CT molecular complexity index is 1390. The summed E-state index contributed by atoms with van der Waals surface area (Å²) in [6.45, 7) is -0.164. The first-order valence-electron chi connectivity index (χ1n) is 9.79. The molecule has 5 rings (SSSR count). The second-order valence-corrected chi connectivity index (χ2v) is 6.87. The number of carbonyl (C=O) groups is 1. The summed E-state index contributed by atoms with van der Waals surface area (Å²) in [7, 11) is 1.58. The molecule has 0 spiro atoms. The van der Waals surface area contributed by atoms with Gasteiger partial charge in [-0.3, -0.25) is 0 Å². The number of carbonyl (C=O) groups excluding carboxylic acids is 1. The van der Waals surface area contributed by atoms with Crippen LogP contribution >= 0.6 is 0 Å². The molecular formula is C24H17N3O5. The SMILES string of the molecule is COc1cccc(-c2noc(COC(=O)c3cc(-c4ccco4)nc4ccccc34)n2)c1. The molecule has 0 fully saturated rings. The van der Waals surface area contributed by atoms with Crippen LogP contribution in [0.5, 0.6) is 5.75 Å². The Hall–Kier alpha value is -4.46. The largest absolute Gasteiger partial charge is 0.497 e. The lowest BCUT2D eigenvalue weighted by atomic mass is 10.1. The van der Waals surface area contributed by atoms with Gasteiger partial charge in [-0.15, -0.1) is 0 Å². The van der Waals surface area contributed by atoms with Gasteiger partial charge in [0, 0.05) is 10.9 Å². The standard InChI is InChI=1S/C24H17N3O5/c1-29-16-7-4-6-15(12-16)23-26-22(32-27-23)14-31-24(28)18-13-20(21-10-5-11-30-21)25-19-9-3-2-8-17(18)19/h2-13H,14H2,1H3. The number of benzene rings is 2. The number of furan rings is 1. The van der Waals surface area contributed by atoms with Gasteiger partial charge < -0.3 is 18.4 Å². The average Bonchev–Trinajstić information content (AvgIpc) is 3.54. The predicted molar refractivity (Wildman–Crippen MR) is 115 cm³/mol. The monoisotopic (exact) mass is 427 g/mol. The summed E-state index contributed by atoms with van der Waals surface area (Å²) in [5, 5.41) is 4.63. The molecule has 0 radical (unpaired) electrons. The summed E-state index contributed by atoms with van der Waals surface area (Å²) in [6, 6.07) is 19.8. The van der Waals surface area contributed by atoms with Crippen LogP contribution in [0.2, 0.25) is 0 Å². The van der Waals surface area contributed by atoms with Crippen LogP contribution in [-0.2, 0) is 11.3 Å². The highest BCUT2D eigenvalue weighted by atomic mass is 16.6. The van der Waals surface area contributed by atoms with Crippen LogP contribution in [0, 0.1) is 0 Å². The van der Waals surface area contributed by atoms with E-state index in [9.17, 15) is 4.79 Å². The first-order valence-corrected chi connectivity index (χ1v) is 9.79. The molecule has 0 aliphatic heterocycles. The second-order valence-electron chi connectivity index (χ2n) is 6.87. The number of ether oxygens (including phenoxy) is 2. The van der Waals surface area contributed by atoms with Gasteiger partial charge in [-0.25, -0.2) is 9.78 Å². The molecule has 0 atom stereocenters. The van der Waals surface area contributed by atoms with Gasteiger partial charge in [0.05, 0.1) is 24.5 Å². The van der Waals surface area contributed by atoms with Crippen LogP contribution in [0.15, 0.2) is 81.9 Å². The summed E-state index contributed by atoms with van der Waals surface area (Å²) < 4.78 is 21.4. The maximum Gasteiger partial charge on any atom is 0.339 e. The fourth-order valence-electron chi connectivity index (χ4n) is 3.29. The molecule has 32 heavy (non-hydrogen) atoms. The van der Waals surface area contributed by atoms with Crippen molar-refractivity contribution in [1.82, 2.24) is 15.1 Å². The third kappa shape index (κ3) is 3.81. The Morgan fingerprint density at radius 1 is 1.00 bits per heavy atom. The maximum atomic E-state index is 12.9. The summed E-state index contributed by atoms with van der Waals surface area (Å²) >= 11 is 0. The number of aromatic nitrogens is 3. The third-order valence-electron chi connectivity index (χ3n) is 4.83. The lowest BCUT2D eigenvalue weighted by molar-refractivity contribution is 0.0432. The Balaban J connectivity index is 1.38. The molecule has 8 heteroatoms. The molecule has 8 nitrogen and oxygen atoms in total. The quantitative estimate of drug-likeness (QED) is 0.352. The van der Waals surface area contributed by atoms with Crippen molar-refractivity contribution in [2.45, 2.75) is 6.61 Å². The van der Waals surface area contributed by atoms with Crippen molar-refractivity contribution < 1.29 is 23.2 Å². The number of hydrogen-bond donors (Lipinski definition) is 0. The molecule has 5 aromatic rings. The van der Waals surface area contributed by atoms with Crippen molar-refractivity contribution in [3.63, 3.8) is 0 Å². The number of para-hydroxylation sites is 1. The zero-order chi connectivity index (χ0) is 21.9. The molecule has 0 aliphatic rings. The Kier molecular flexibility index (Phi) is 5.09. The minimum absolute atomic E-state index is 0.164. The summed E-state index contributed by atoms with van der Waals surface area (Å²) in [5.74, 6) is 1.27. The van der Waals surface area contributed by atoms with Crippen molar-refractivity contribution in [1.29, 1.82) is 0 Å². The van der Waals surface area contributed by atoms with E-state index in [4.69, 9.17) is 18.4 Å². The first kappa shape index (κ1) is 19.5. The first-order chi connectivity index (χ1) is 15.7. The smallest absolute Gasteiger partial charge is 0.339 e. The van der Waals surface area contributed by atoms with Crippen LogP contribution in [0.3, 0.4) is 0 Å². The minimum Gasteiger partial charge on any atom is -0.497 e. The number of methoxy groups -OCH3 is 1. The molecule has 0 amide bonds. The van der Waals surface area contributed by atoms with Crippen LogP contribution in [0.25, 0.3) is 33.7 Å². The Morgan fingerprint density at radius 2 is 1.91 bits per heavy atom. The molecule has 3 heterocycles. The number of hydrogen-bond acceptors (Lipinski definition) is 8. The van der Waals surface area contributed by atoms with Gasteiger partial charge >= 0.3 is 5.97 Å². The molecule has 158 valence electrons. The highest BCUT2D eigenvalue weighted by Gasteiger charge is 2.18. The summed E-state index contributed by atoms with van der Waals surface area (Å²) in [6.07, 6.45) is 1.56. The van der Waals surface area contributed by atoms with E-state index in [1.165, 1.54) is 0 Å². The molecule has 0 unspecified atom stereocenters. The van der Waals surface area contributed by atoms with E-state index in [1.54, 1.807) is 37.6 Å². The highest BCUT2D eigenvalue weighted by Crippen LogP contribution is 2.26. The topological polar surface area (TPSA) is 100 Å². The van der Waals surface area contributed by atoms with Gasteiger partial charge in [0.2, 0.25) is 5.82 Å². The second kappa shape index (κ2) is 8.35. The molecule has 0 aliphatic carbocycles. The van der Waals surface area contributed by atoms with Crippen LogP contribution in [-0.4, -0.2) is 28.2 Å². The fourth-order valence-corrected chi connectivity index (χ4v) is 3.29. The van der Waals surface area contributed by atoms with E-state index in [2.05, 4.69) is 15.1 Å². The number of fused-ring (bicyclic) bond motifs is 1. The van der Waals surface area contributed by atoms with Crippen molar-refractivity contribution in [3.05, 3.63) is 84.4 Å². The predicted octanol–water partition coefficient (Wildman–Crippen LogP) is 4.91. The van der Waals surface area contributed by atoms with Gasteiger partial charge in [-0.05, 0) is 36.4 Å². The lowest BCUT2D eigenvalue weighted by Crippen LogP contribution is -2.07. The van der Waals surface area contributed by atoms with Crippen molar-refractivity contribution in [3.8, 4) is 28.6 Å². The van der Waals surface area contributed by atoms with E-state index >= 15 is 0 Å². The number of nitrogens with zero attached hydrogens (tertiary/aromatic N) is 3. The molecule has 0 saturated carbocycles. The number of rotatable bonds is 6. The van der Waals surface area contributed by atoms with E-state index < -0.39 is 5.97 Å². The van der Waals surface area contributed by atoms with Crippen molar-refractivity contribution >= 4 is 16.9 Å². The van der Waals surface area contributed by atoms with Crippen molar-refractivity contribution in [2.24, 2.45) is 0 Å². The zero-order valence-electron chi connectivity index (χ0n) is 17.0. The van der Waals surface area contributed by atoms with Gasteiger partial charge in [-0.1, -0.05) is 35.5 Å². The van der Waals surface area contributed by atoms with E-state index in [-0.39, 0.29) is 12.5 Å². The van der Waals surface area contributed by atoms with Crippen LogP contribution in [0.1, 0.15) is 16.2 Å². The number of pyridine rings is 1. The van der Waals surface area contributed by atoms with Crippen LogP contribution < -0.4 is 4.74 Å². The normalized spacial score (nSPS) is 10.9. The van der Waals surface area contributed by atoms with Gasteiger partial charge in [0.1, 0.15) is 11.4 Å². The molecular weight excluding hydrogens is 410 g/mol. The molecule has 2 aromatic carbocycles. The lowest BCUT2D eigenvalue weighted by Gasteiger charge is -2.08. The molecule has 0 bridgehead atoms. The maximum absolute atomic E-state index is 12.9. The van der Waals surface area contributed by atoms with Crippen molar-refractivity contribution in [2.75, 3.05) is 7.11 Å². The number of esters is 1.